The number of amides is 1. The van der Waals surface area contributed by atoms with E-state index < -0.39 is 18.0 Å². The summed E-state index contributed by atoms with van der Waals surface area (Å²) in [6, 6.07) is 1.27. The molecule has 0 bridgehead atoms. The van der Waals surface area contributed by atoms with Crippen LogP contribution in [0, 0.1) is 0 Å². The van der Waals surface area contributed by atoms with Crippen molar-refractivity contribution >= 4 is 23.5 Å². The summed E-state index contributed by atoms with van der Waals surface area (Å²) < 4.78 is 35.2. The summed E-state index contributed by atoms with van der Waals surface area (Å²) in [5.74, 6) is -2.63. The predicted molar refractivity (Wildman–Crippen MR) is 41.7 cm³/mol. The van der Waals surface area contributed by atoms with Gasteiger partial charge in [-0.3, -0.25) is 10.1 Å². The van der Waals surface area contributed by atoms with Crippen molar-refractivity contribution in [2.75, 3.05) is 5.32 Å². The van der Waals surface area contributed by atoms with E-state index >= 15 is 0 Å². The van der Waals surface area contributed by atoms with Crippen LogP contribution in [-0.2, 0) is 4.79 Å². The standard InChI is InChI=1S/C6H3ClF3N3O/c7-3-1-2-11-5(12-3)13-4(14)6(8,9)10/h1-2H,(H,11,12,13,14). The molecule has 0 aromatic carbocycles. The van der Waals surface area contributed by atoms with Gasteiger partial charge in [0.25, 0.3) is 0 Å². The van der Waals surface area contributed by atoms with Gasteiger partial charge in [0.1, 0.15) is 5.15 Å². The highest BCUT2D eigenvalue weighted by molar-refractivity contribution is 6.29. The fourth-order valence-electron chi connectivity index (χ4n) is 0.569. The normalized spacial score (nSPS) is 11.1. The predicted octanol–water partition coefficient (Wildman–Crippen LogP) is 1.63. The smallest absolute Gasteiger partial charge is 0.287 e. The van der Waals surface area contributed by atoms with Crippen molar-refractivity contribution in [3.8, 4) is 0 Å². The molecule has 0 aliphatic heterocycles. The minimum Gasteiger partial charge on any atom is -0.287 e. The number of aromatic nitrogens is 2. The third kappa shape index (κ3) is 2.84. The molecule has 1 aromatic rings. The van der Waals surface area contributed by atoms with Crippen LogP contribution in [0.4, 0.5) is 19.1 Å². The molecular formula is C6H3ClF3N3O. The Labute approximate surface area is 81.1 Å². The maximum atomic E-state index is 11.7. The van der Waals surface area contributed by atoms with Crippen LogP contribution in [0.5, 0.6) is 0 Å². The van der Waals surface area contributed by atoms with E-state index in [1.165, 1.54) is 11.4 Å². The molecule has 0 aliphatic carbocycles. The molecule has 0 saturated carbocycles. The van der Waals surface area contributed by atoms with E-state index in [1.54, 1.807) is 0 Å². The monoisotopic (exact) mass is 225 g/mol. The van der Waals surface area contributed by atoms with Gasteiger partial charge in [-0.1, -0.05) is 11.6 Å². The first kappa shape index (κ1) is 10.7. The highest BCUT2D eigenvalue weighted by Crippen LogP contribution is 2.16. The van der Waals surface area contributed by atoms with Crippen LogP contribution in [0.3, 0.4) is 0 Å². The number of hydrogen-bond donors (Lipinski definition) is 1. The highest BCUT2D eigenvalue weighted by Gasteiger charge is 2.39. The van der Waals surface area contributed by atoms with E-state index in [2.05, 4.69) is 9.97 Å². The van der Waals surface area contributed by atoms with Crippen LogP contribution in [0.25, 0.3) is 0 Å². The van der Waals surface area contributed by atoms with Crippen molar-refractivity contribution in [1.82, 2.24) is 9.97 Å². The molecule has 0 aliphatic rings. The molecule has 0 unspecified atom stereocenters. The van der Waals surface area contributed by atoms with Crippen molar-refractivity contribution in [3.05, 3.63) is 17.4 Å². The van der Waals surface area contributed by atoms with E-state index in [-0.39, 0.29) is 5.15 Å². The fourth-order valence-corrected chi connectivity index (χ4v) is 0.706. The fraction of sp³-hybridized carbons (Fsp3) is 0.167. The molecule has 0 radical (unpaired) electrons. The first-order valence-electron chi connectivity index (χ1n) is 3.26. The van der Waals surface area contributed by atoms with Crippen LogP contribution in [0.2, 0.25) is 5.15 Å². The molecule has 4 nitrogen and oxygen atoms in total. The lowest BCUT2D eigenvalue weighted by molar-refractivity contribution is -0.167. The molecule has 1 heterocycles. The van der Waals surface area contributed by atoms with Gasteiger partial charge in [-0.25, -0.2) is 9.97 Å². The van der Waals surface area contributed by atoms with Gasteiger partial charge < -0.3 is 0 Å². The highest BCUT2D eigenvalue weighted by atomic mass is 35.5. The second kappa shape index (κ2) is 3.79. The Hall–Kier alpha value is -1.37. The third-order valence-corrected chi connectivity index (χ3v) is 1.31. The maximum Gasteiger partial charge on any atom is 0.471 e. The Kier molecular flexibility index (Phi) is 2.90. The van der Waals surface area contributed by atoms with E-state index in [9.17, 15) is 18.0 Å². The molecule has 76 valence electrons. The molecule has 1 rings (SSSR count). The lowest BCUT2D eigenvalue weighted by Crippen LogP contribution is -2.30. The quantitative estimate of drug-likeness (QED) is 0.739. The number of anilines is 1. The van der Waals surface area contributed by atoms with Crippen molar-refractivity contribution in [3.63, 3.8) is 0 Å². The van der Waals surface area contributed by atoms with Crippen LogP contribution in [0.15, 0.2) is 12.3 Å². The number of nitrogens with one attached hydrogen (secondary N) is 1. The summed E-state index contributed by atoms with van der Waals surface area (Å²) in [6.45, 7) is 0. The Balaban J connectivity index is 2.75. The summed E-state index contributed by atoms with van der Waals surface area (Å²) in [5.41, 5.74) is 0. The molecule has 1 aromatic heterocycles. The van der Waals surface area contributed by atoms with E-state index in [4.69, 9.17) is 11.6 Å². The first-order chi connectivity index (χ1) is 6.39. The summed E-state index contributed by atoms with van der Waals surface area (Å²) in [7, 11) is 0. The van der Waals surface area contributed by atoms with Gasteiger partial charge in [0.05, 0.1) is 0 Å². The zero-order chi connectivity index (χ0) is 10.8. The van der Waals surface area contributed by atoms with Gasteiger partial charge in [-0.05, 0) is 6.07 Å². The summed E-state index contributed by atoms with van der Waals surface area (Å²) in [4.78, 5) is 17.1. The molecule has 0 saturated heterocycles. The molecule has 0 spiro atoms. The van der Waals surface area contributed by atoms with Crippen LogP contribution in [0.1, 0.15) is 0 Å². The largest absolute Gasteiger partial charge is 0.471 e. The molecule has 1 N–H and O–H groups in total. The Bertz CT molecular complexity index is 354. The minimum atomic E-state index is -4.97. The van der Waals surface area contributed by atoms with Gasteiger partial charge in [-0.2, -0.15) is 13.2 Å². The molecule has 0 fully saturated rings. The van der Waals surface area contributed by atoms with E-state index in [0.717, 1.165) is 6.20 Å². The lowest BCUT2D eigenvalue weighted by Gasteiger charge is -2.05. The van der Waals surface area contributed by atoms with Crippen molar-refractivity contribution in [2.45, 2.75) is 6.18 Å². The van der Waals surface area contributed by atoms with Gasteiger partial charge >= 0.3 is 12.1 Å². The number of alkyl halides is 3. The molecule has 0 atom stereocenters. The summed E-state index contributed by atoms with van der Waals surface area (Å²) in [5, 5.41) is 1.39. The first-order valence-corrected chi connectivity index (χ1v) is 3.64. The molecule has 8 heteroatoms. The van der Waals surface area contributed by atoms with Gasteiger partial charge in [0.2, 0.25) is 5.95 Å². The number of nitrogens with zero attached hydrogens (tertiary/aromatic N) is 2. The van der Waals surface area contributed by atoms with Crippen LogP contribution in [-0.4, -0.2) is 22.1 Å². The van der Waals surface area contributed by atoms with Crippen LogP contribution >= 0.6 is 11.6 Å². The van der Waals surface area contributed by atoms with Crippen molar-refractivity contribution in [2.24, 2.45) is 0 Å². The average Bonchev–Trinajstić information content (AvgIpc) is 2.02. The average molecular weight is 226 g/mol. The Morgan fingerprint density at radius 1 is 1.50 bits per heavy atom. The SMILES string of the molecule is O=C(Nc1nccc(Cl)n1)C(F)(F)F. The second-order valence-corrected chi connectivity index (χ2v) is 2.54. The summed E-state index contributed by atoms with van der Waals surface area (Å²) in [6.07, 6.45) is -3.84. The van der Waals surface area contributed by atoms with Gasteiger partial charge in [0.15, 0.2) is 0 Å². The Morgan fingerprint density at radius 3 is 2.64 bits per heavy atom. The zero-order valence-electron chi connectivity index (χ0n) is 6.47. The summed E-state index contributed by atoms with van der Waals surface area (Å²) >= 11 is 5.36. The molecule has 14 heavy (non-hydrogen) atoms. The number of hydrogen-bond acceptors (Lipinski definition) is 3. The number of carbonyl (C=O) groups excluding carboxylic acids is 1. The number of rotatable bonds is 1. The van der Waals surface area contributed by atoms with Crippen molar-refractivity contribution in [1.29, 1.82) is 0 Å². The molecule has 1 amide bonds. The lowest BCUT2D eigenvalue weighted by atomic mass is 10.6. The number of carbonyl (C=O) groups is 1. The topological polar surface area (TPSA) is 54.9 Å². The second-order valence-electron chi connectivity index (χ2n) is 2.15. The van der Waals surface area contributed by atoms with Crippen molar-refractivity contribution < 1.29 is 18.0 Å². The van der Waals surface area contributed by atoms with Gasteiger partial charge in [-0.15, -0.1) is 0 Å². The third-order valence-electron chi connectivity index (χ3n) is 1.10. The van der Waals surface area contributed by atoms with Gasteiger partial charge in [0, 0.05) is 6.20 Å². The van der Waals surface area contributed by atoms with E-state index in [0.29, 0.717) is 0 Å². The molecular weight excluding hydrogens is 223 g/mol. The number of halogens is 4. The zero-order valence-corrected chi connectivity index (χ0v) is 7.23. The Morgan fingerprint density at radius 2 is 2.14 bits per heavy atom. The van der Waals surface area contributed by atoms with Crippen LogP contribution < -0.4 is 5.32 Å². The maximum absolute atomic E-state index is 11.7. The van der Waals surface area contributed by atoms with E-state index in [1.807, 2.05) is 0 Å². The minimum absolute atomic E-state index is 0.0579.